The lowest BCUT2D eigenvalue weighted by Crippen LogP contribution is -2.39. The molecule has 4 aliphatic rings. The molecule has 1 saturated heterocycles. The van der Waals surface area contributed by atoms with Crippen molar-refractivity contribution in [3.8, 4) is 5.75 Å². The molecule has 3 aliphatic carbocycles. The number of nitrogens with zero attached hydrogens (tertiary/aromatic N) is 1. The van der Waals surface area contributed by atoms with Crippen LogP contribution in [0.5, 0.6) is 5.75 Å². The Morgan fingerprint density at radius 3 is 2.35 bits per heavy atom. The first-order valence-electron chi connectivity index (χ1n) is 13.3. The number of carbonyl (C=O) groups excluding carboxylic acids is 4. The van der Waals surface area contributed by atoms with Gasteiger partial charge < -0.3 is 5.11 Å². The van der Waals surface area contributed by atoms with Gasteiger partial charge in [0.1, 0.15) is 5.75 Å². The monoisotopic (exact) mass is 593 g/mol. The van der Waals surface area contributed by atoms with Crippen LogP contribution in [0.4, 0.5) is 5.69 Å². The topological polar surface area (TPSA) is 91.8 Å². The number of Topliss-reactive ketones (excluding diaryl/α,β-unsaturated/α-hetero) is 1. The van der Waals surface area contributed by atoms with Crippen LogP contribution in [0.2, 0.25) is 0 Å². The van der Waals surface area contributed by atoms with Gasteiger partial charge in [-0.3, -0.25) is 24.1 Å². The maximum Gasteiger partial charge on any atom is 0.238 e. The van der Waals surface area contributed by atoms with Gasteiger partial charge in [-0.25, -0.2) is 0 Å². The number of phenols is 1. The highest BCUT2D eigenvalue weighted by molar-refractivity contribution is 9.10. The number of benzene rings is 3. The summed E-state index contributed by atoms with van der Waals surface area (Å²) in [6.45, 7) is 1.66. The summed E-state index contributed by atoms with van der Waals surface area (Å²) in [4.78, 5) is 56.0. The van der Waals surface area contributed by atoms with Crippen LogP contribution in [0.15, 0.2) is 99.6 Å². The highest BCUT2D eigenvalue weighted by Crippen LogP contribution is 2.56. The second-order valence-corrected chi connectivity index (χ2v) is 11.9. The zero-order valence-electron chi connectivity index (χ0n) is 21.6. The first-order valence-corrected chi connectivity index (χ1v) is 14.1. The minimum atomic E-state index is -0.633. The fraction of sp³-hybridized carbons (Fsp3) is 0.212. The third kappa shape index (κ3) is 3.47. The Labute approximate surface area is 238 Å². The molecule has 3 aromatic carbocycles. The minimum Gasteiger partial charge on any atom is -0.507 e. The molecule has 0 radical (unpaired) electrons. The molecule has 0 saturated carbocycles. The normalized spacial score (nSPS) is 26.0. The number of ketones is 2. The molecule has 2 amide bonds. The van der Waals surface area contributed by atoms with E-state index in [2.05, 4.69) is 15.9 Å². The molecular formula is C33H24BrNO5. The van der Waals surface area contributed by atoms with E-state index >= 15 is 0 Å². The summed E-state index contributed by atoms with van der Waals surface area (Å²) < 4.78 is 0.844. The van der Waals surface area contributed by atoms with Crippen molar-refractivity contribution in [2.75, 3.05) is 4.90 Å². The number of carbonyl (C=O) groups is 4. The molecule has 6 nitrogen and oxygen atoms in total. The number of halogens is 1. The molecule has 1 heterocycles. The van der Waals surface area contributed by atoms with E-state index in [1.54, 1.807) is 37.3 Å². The van der Waals surface area contributed by atoms with Gasteiger partial charge in [0.15, 0.2) is 11.6 Å². The summed E-state index contributed by atoms with van der Waals surface area (Å²) in [6, 6.07) is 17.9. The fourth-order valence-corrected chi connectivity index (χ4v) is 7.38. The van der Waals surface area contributed by atoms with Crippen LogP contribution in [0.3, 0.4) is 0 Å². The maximum absolute atomic E-state index is 14.0. The Hall–Kier alpha value is -4.10. The van der Waals surface area contributed by atoms with Crippen LogP contribution in [0.25, 0.3) is 10.8 Å². The summed E-state index contributed by atoms with van der Waals surface area (Å²) in [5.41, 5.74) is 3.47. The zero-order valence-corrected chi connectivity index (χ0v) is 23.1. The van der Waals surface area contributed by atoms with Crippen molar-refractivity contribution in [2.24, 2.45) is 17.8 Å². The molecule has 0 bridgehead atoms. The van der Waals surface area contributed by atoms with E-state index in [4.69, 9.17) is 0 Å². The largest absolute Gasteiger partial charge is 0.507 e. The van der Waals surface area contributed by atoms with E-state index in [1.165, 1.54) is 11.0 Å². The number of phenolic OH excluding ortho intramolecular Hbond substituents is 1. The van der Waals surface area contributed by atoms with Gasteiger partial charge >= 0.3 is 0 Å². The summed E-state index contributed by atoms with van der Waals surface area (Å²) in [5, 5.41) is 12.0. The van der Waals surface area contributed by atoms with E-state index in [0.29, 0.717) is 34.2 Å². The first-order chi connectivity index (χ1) is 19.3. The highest BCUT2D eigenvalue weighted by Gasteiger charge is 2.56. The van der Waals surface area contributed by atoms with Crippen LogP contribution < -0.4 is 4.90 Å². The molecule has 1 aliphatic heterocycles. The molecule has 7 rings (SSSR count). The maximum atomic E-state index is 14.0. The molecule has 0 aromatic heterocycles. The van der Waals surface area contributed by atoms with E-state index in [1.807, 2.05) is 36.4 Å². The molecule has 40 heavy (non-hydrogen) atoms. The average molecular weight is 594 g/mol. The van der Waals surface area contributed by atoms with E-state index in [0.717, 1.165) is 21.0 Å². The number of hydrogen-bond acceptors (Lipinski definition) is 5. The SMILES string of the molecule is CC1=CC(=O)C2=C(C1=O)C(c1ccc(O)c3ccccc13)C1=CCC3C(=O)N(c4ccc(Br)cc4)C(=O)C3C1C2. The zero-order chi connectivity index (χ0) is 27.9. The predicted molar refractivity (Wildman–Crippen MR) is 154 cm³/mol. The lowest BCUT2D eigenvalue weighted by Gasteiger charge is -2.42. The number of fused-ring (bicyclic) bond motifs is 4. The summed E-state index contributed by atoms with van der Waals surface area (Å²) in [6.07, 6.45) is 4.01. The van der Waals surface area contributed by atoms with Gasteiger partial charge in [0, 0.05) is 32.5 Å². The minimum absolute atomic E-state index is 0.127. The molecule has 4 unspecified atom stereocenters. The van der Waals surface area contributed by atoms with Crippen molar-refractivity contribution in [3.05, 3.63) is 105 Å². The van der Waals surface area contributed by atoms with Crippen molar-refractivity contribution in [1.82, 2.24) is 0 Å². The summed E-state index contributed by atoms with van der Waals surface area (Å²) >= 11 is 3.41. The molecule has 4 atom stereocenters. The number of aromatic hydroxyl groups is 1. The van der Waals surface area contributed by atoms with Crippen molar-refractivity contribution < 1.29 is 24.3 Å². The van der Waals surface area contributed by atoms with Crippen molar-refractivity contribution >= 4 is 55.8 Å². The number of rotatable bonds is 2. The van der Waals surface area contributed by atoms with Gasteiger partial charge in [-0.1, -0.05) is 57.9 Å². The quantitative estimate of drug-likeness (QED) is 0.225. The van der Waals surface area contributed by atoms with E-state index in [-0.39, 0.29) is 35.6 Å². The van der Waals surface area contributed by atoms with Crippen molar-refractivity contribution in [2.45, 2.75) is 25.7 Å². The molecule has 7 heteroatoms. The second-order valence-electron chi connectivity index (χ2n) is 10.9. The van der Waals surface area contributed by atoms with Crippen LogP contribution in [-0.2, 0) is 19.2 Å². The van der Waals surface area contributed by atoms with Crippen LogP contribution >= 0.6 is 15.9 Å². The Kier molecular flexibility index (Phi) is 5.58. The van der Waals surface area contributed by atoms with E-state index in [9.17, 15) is 24.3 Å². The Balaban J connectivity index is 1.41. The molecule has 1 fully saturated rings. The highest BCUT2D eigenvalue weighted by atomic mass is 79.9. The summed E-state index contributed by atoms with van der Waals surface area (Å²) in [5.74, 6) is -2.91. The number of allylic oxidation sites excluding steroid dienone is 6. The van der Waals surface area contributed by atoms with Gasteiger partial charge in [0.2, 0.25) is 11.8 Å². The second kappa shape index (κ2) is 8.96. The number of anilines is 1. The molecule has 1 N–H and O–H groups in total. The number of amides is 2. The first kappa shape index (κ1) is 24.9. The average Bonchev–Trinajstić information content (AvgIpc) is 3.21. The molecule has 3 aromatic rings. The van der Waals surface area contributed by atoms with Crippen LogP contribution in [0, 0.1) is 17.8 Å². The van der Waals surface area contributed by atoms with Gasteiger partial charge in [-0.2, -0.15) is 0 Å². The molecule has 0 spiro atoms. The fourth-order valence-electron chi connectivity index (χ4n) is 7.12. The van der Waals surface area contributed by atoms with Crippen LogP contribution in [-0.4, -0.2) is 28.5 Å². The third-order valence-corrected chi connectivity index (χ3v) is 9.42. The Morgan fingerprint density at radius 1 is 0.875 bits per heavy atom. The third-order valence-electron chi connectivity index (χ3n) is 8.90. The Bertz CT molecular complexity index is 1780. The lowest BCUT2D eigenvalue weighted by molar-refractivity contribution is -0.123. The van der Waals surface area contributed by atoms with Crippen LogP contribution in [0.1, 0.15) is 31.2 Å². The van der Waals surface area contributed by atoms with E-state index < -0.39 is 23.7 Å². The lowest BCUT2D eigenvalue weighted by atomic mass is 9.59. The summed E-state index contributed by atoms with van der Waals surface area (Å²) in [7, 11) is 0. The predicted octanol–water partition coefficient (Wildman–Crippen LogP) is 5.94. The van der Waals surface area contributed by atoms with Gasteiger partial charge in [-0.15, -0.1) is 0 Å². The van der Waals surface area contributed by atoms with Gasteiger partial charge in [-0.05, 0) is 73.0 Å². The molecular weight excluding hydrogens is 570 g/mol. The van der Waals surface area contributed by atoms with Crippen molar-refractivity contribution in [1.29, 1.82) is 0 Å². The van der Waals surface area contributed by atoms with Gasteiger partial charge in [0.05, 0.1) is 17.5 Å². The standard InChI is InChI=1S/C33H24BrNO5/c1-16-14-27(37)25-15-24-22(10-11-23-29(24)33(40)35(32(23)39)18-8-6-17(34)7-9-18)28(30(25)31(16)38)21-12-13-26(36)20-5-3-2-4-19(20)21/h2-10,12-14,23-24,28-29,36H,11,15H2,1H3. The number of hydrogen-bond donors (Lipinski definition) is 1. The number of imide groups is 1. The Morgan fingerprint density at radius 2 is 1.60 bits per heavy atom. The smallest absolute Gasteiger partial charge is 0.238 e. The molecule has 198 valence electrons. The van der Waals surface area contributed by atoms with Crippen molar-refractivity contribution in [3.63, 3.8) is 0 Å². The van der Waals surface area contributed by atoms with Gasteiger partial charge in [0.25, 0.3) is 0 Å².